The third-order valence-electron chi connectivity index (χ3n) is 3.74. The Hall–Kier alpha value is -2.34. The number of anilines is 1. The van der Waals surface area contributed by atoms with Crippen molar-refractivity contribution >= 4 is 5.82 Å². The third kappa shape index (κ3) is 2.17. The van der Waals surface area contributed by atoms with E-state index >= 15 is 0 Å². The van der Waals surface area contributed by atoms with Crippen molar-refractivity contribution in [2.24, 2.45) is 5.73 Å². The molecular formula is C15H16N4O2. The highest BCUT2D eigenvalue weighted by Gasteiger charge is 2.27. The fraction of sp³-hybridized carbons (Fsp3) is 0.333. The lowest BCUT2D eigenvalue weighted by Crippen LogP contribution is -2.27. The van der Waals surface area contributed by atoms with Crippen LogP contribution in [0.1, 0.15) is 24.6 Å². The first kappa shape index (κ1) is 12.4. The van der Waals surface area contributed by atoms with Gasteiger partial charge in [-0.2, -0.15) is 0 Å². The Kier molecular flexibility index (Phi) is 2.71. The van der Waals surface area contributed by atoms with Crippen LogP contribution in [0.2, 0.25) is 0 Å². The van der Waals surface area contributed by atoms with Crippen molar-refractivity contribution < 1.29 is 9.47 Å². The van der Waals surface area contributed by atoms with Crippen molar-refractivity contribution in [2.45, 2.75) is 25.0 Å². The minimum Gasteiger partial charge on any atom is -0.450 e. The monoisotopic (exact) mass is 284 g/mol. The maximum Gasteiger partial charge on any atom is 0.253 e. The Balaban J connectivity index is 1.68. The Morgan fingerprint density at radius 2 is 2.00 bits per heavy atom. The van der Waals surface area contributed by atoms with Crippen molar-refractivity contribution in [3.63, 3.8) is 0 Å². The fourth-order valence-corrected chi connectivity index (χ4v) is 2.44. The summed E-state index contributed by atoms with van der Waals surface area (Å²) in [4.78, 5) is 8.83. The Morgan fingerprint density at radius 1 is 1.19 bits per heavy atom. The van der Waals surface area contributed by atoms with E-state index in [9.17, 15) is 0 Å². The number of fused-ring (bicyclic) bond motifs is 1. The number of aromatic nitrogens is 2. The zero-order valence-corrected chi connectivity index (χ0v) is 11.5. The first-order chi connectivity index (χ1) is 10.2. The van der Waals surface area contributed by atoms with E-state index in [0.717, 1.165) is 29.8 Å². The highest BCUT2D eigenvalue weighted by Crippen LogP contribution is 2.41. The van der Waals surface area contributed by atoms with Crippen LogP contribution in [-0.4, -0.2) is 22.8 Å². The zero-order chi connectivity index (χ0) is 14.4. The predicted molar refractivity (Wildman–Crippen MR) is 78.0 cm³/mol. The van der Waals surface area contributed by atoms with Crippen molar-refractivity contribution in [3.8, 4) is 22.6 Å². The van der Waals surface area contributed by atoms with E-state index in [1.807, 2.05) is 18.2 Å². The molecule has 1 aliphatic heterocycles. The van der Waals surface area contributed by atoms with Crippen molar-refractivity contribution in [1.29, 1.82) is 0 Å². The molecule has 1 aromatic heterocycles. The molecule has 1 aliphatic carbocycles. The Labute approximate surface area is 122 Å². The maximum absolute atomic E-state index is 6.07. The quantitative estimate of drug-likeness (QED) is 0.889. The number of ether oxygens (including phenoxy) is 2. The van der Waals surface area contributed by atoms with Gasteiger partial charge >= 0.3 is 0 Å². The summed E-state index contributed by atoms with van der Waals surface area (Å²) >= 11 is 0. The number of nitrogens with zero attached hydrogens (tertiary/aromatic N) is 2. The van der Waals surface area contributed by atoms with E-state index in [0.29, 0.717) is 29.8 Å². The van der Waals surface area contributed by atoms with Crippen molar-refractivity contribution in [2.75, 3.05) is 12.3 Å². The number of benzene rings is 1. The number of hydrogen-bond acceptors (Lipinski definition) is 6. The first-order valence-corrected chi connectivity index (χ1v) is 7.05. The van der Waals surface area contributed by atoms with E-state index in [1.54, 1.807) is 6.20 Å². The predicted octanol–water partition coefficient (Wildman–Crippen LogP) is 1.66. The van der Waals surface area contributed by atoms with Gasteiger partial charge in [-0.15, -0.1) is 0 Å². The zero-order valence-electron chi connectivity index (χ0n) is 11.5. The molecule has 0 bridgehead atoms. The molecule has 1 saturated carbocycles. The summed E-state index contributed by atoms with van der Waals surface area (Å²) in [6.07, 6.45) is 3.68. The summed E-state index contributed by atoms with van der Waals surface area (Å²) in [6.45, 7) is 0.311. The largest absolute Gasteiger partial charge is 0.450 e. The highest BCUT2D eigenvalue weighted by atomic mass is 16.7. The van der Waals surface area contributed by atoms with Gasteiger partial charge in [-0.1, -0.05) is 6.07 Å². The van der Waals surface area contributed by atoms with Gasteiger partial charge in [0.25, 0.3) is 6.29 Å². The van der Waals surface area contributed by atoms with E-state index < -0.39 is 6.29 Å². The number of nitrogens with two attached hydrogens (primary N) is 2. The number of rotatable bonds is 3. The fourth-order valence-electron chi connectivity index (χ4n) is 2.44. The molecule has 21 heavy (non-hydrogen) atoms. The second-order valence-electron chi connectivity index (χ2n) is 5.36. The minimum atomic E-state index is -0.416. The summed E-state index contributed by atoms with van der Waals surface area (Å²) < 4.78 is 11.1. The average molecular weight is 284 g/mol. The van der Waals surface area contributed by atoms with Gasteiger partial charge in [-0.3, -0.25) is 0 Å². The number of nitrogen functional groups attached to an aromatic ring is 1. The molecule has 6 nitrogen and oxygen atoms in total. The molecule has 2 aromatic rings. The molecule has 1 aromatic carbocycles. The van der Waals surface area contributed by atoms with Gasteiger partial charge in [0, 0.05) is 17.7 Å². The van der Waals surface area contributed by atoms with Crippen LogP contribution in [0, 0.1) is 0 Å². The molecular weight excluding hydrogens is 268 g/mol. The van der Waals surface area contributed by atoms with Crippen LogP contribution in [0.25, 0.3) is 11.1 Å². The third-order valence-corrected chi connectivity index (χ3v) is 3.74. The standard InChI is InChI=1S/C15H16N4O2/c16-6-13-20-11-4-3-9(5-12(11)21-13)10-7-18-15(8-1-2-8)19-14(10)17/h3-5,7-8,13H,1-2,6,16H2,(H2,17,18,19). The normalized spacial score (nSPS) is 19.8. The minimum absolute atomic E-state index is 0.311. The van der Waals surface area contributed by atoms with Gasteiger partial charge in [-0.05, 0) is 30.5 Å². The van der Waals surface area contributed by atoms with Gasteiger partial charge in [0.1, 0.15) is 11.6 Å². The highest BCUT2D eigenvalue weighted by molar-refractivity contribution is 5.75. The van der Waals surface area contributed by atoms with Crippen molar-refractivity contribution in [1.82, 2.24) is 9.97 Å². The molecule has 1 atom stereocenters. The molecule has 1 unspecified atom stereocenters. The van der Waals surface area contributed by atoms with Crippen LogP contribution in [0.3, 0.4) is 0 Å². The molecule has 4 N–H and O–H groups in total. The SMILES string of the molecule is NCC1Oc2ccc(-c3cnc(C4CC4)nc3N)cc2O1. The molecule has 0 amide bonds. The van der Waals surface area contributed by atoms with E-state index in [2.05, 4.69) is 9.97 Å². The van der Waals surface area contributed by atoms with Gasteiger partial charge in [-0.25, -0.2) is 9.97 Å². The summed E-state index contributed by atoms with van der Waals surface area (Å²) in [5.74, 6) is 3.21. The van der Waals surface area contributed by atoms with Crippen LogP contribution in [0.4, 0.5) is 5.82 Å². The number of hydrogen-bond donors (Lipinski definition) is 2. The first-order valence-electron chi connectivity index (χ1n) is 7.05. The molecule has 4 rings (SSSR count). The molecule has 0 saturated heterocycles. The van der Waals surface area contributed by atoms with Crippen LogP contribution >= 0.6 is 0 Å². The van der Waals surface area contributed by atoms with Gasteiger partial charge < -0.3 is 20.9 Å². The lowest BCUT2D eigenvalue weighted by molar-refractivity contribution is 0.0581. The molecule has 2 aliphatic rings. The van der Waals surface area contributed by atoms with Crippen LogP contribution < -0.4 is 20.9 Å². The summed E-state index contributed by atoms with van der Waals surface area (Å²) in [5, 5.41) is 0. The average Bonchev–Trinajstić information content (AvgIpc) is 3.26. The summed E-state index contributed by atoms with van der Waals surface area (Å²) in [7, 11) is 0. The van der Waals surface area contributed by atoms with E-state index in [-0.39, 0.29) is 0 Å². The van der Waals surface area contributed by atoms with Crippen LogP contribution in [0.5, 0.6) is 11.5 Å². The maximum atomic E-state index is 6.07. The van der Waals surface area contributed by atoms with E-state index in [1.165, 1.54) is 0 Å². The van der Waals surface area contributed by atoms with E-state index in [4.69, 9.17) is 20.9 Å². The Morgan fingerprint density at radius 3 is 2.71 bits per heavy atom. The molecule has 0 radical (unpaired) electrons. The molecule has 108 valence electrons. The molecule has 0 spiro atoms. The summed E-state index contributed by atoms with van der Waals surface area (Å²) in [6, 6.07) is 5.67. The van der Waals surface area contributed by atoms with Crippen LogP contribution in [0.15, 0.2) is 24.4 Å². The Bertz CT molecular complexity index is 700. The second-order valence-corrected chi connectivity index (χ2v) is 5.36. The van der Waals surface area contributed by atoms with Gasteiger partial charge in [0.15, 0.2) is 11.5 Å². The van der Waals surface area contributed by atoms with Crippen molar-refractivity contribution in [3.05, 3.63) is 30.2 Å². The summed E-state index contributed by atoms with van der Waals surface area (Å²) in [5.41, 5.74) is 13.3. The van der Waals surface area contributed by atoms with Crippen LogP contribution in [-0.2, 0) is 0 Å². The second kappa shape index (κ2) is 4.60. The topological polar surface area (TPSA) is 96.3 Å². The lowest BCUT2D eigenvalue weighted by atomic mass is 10.1. The molecule has 6 heteroatoms. The van der Waals surface area contributed by atoms with Gasteiger partial charge in [0.05, 0.1) is 6.54 Å². The lowest BCUT2D eigenvalue weighted by Gasteiger charge is -2.07. The molecule has 1 fully saturated rings. The molecule has 2 heterocycles. The van der Waals surface area contributed by atoms with Gasteiger partial charge in [0.2, 0.25) is 0 Å². The smallest absolute Gasteiger partial charge is 0.253 e.